The lowest BCUT2D eigenvalue weighted by Crippen LogP contribution is -2.29. The zero-order valence-corrected chi connectivity index (χ0v) is 14.0. The number of benzene rings is 2. The number of hydrogen-bond donors (Lipinski definition) is 1. The van der Waals surface area contributed by atoms with Crippen molar-refractivity contribution in [3.8, 4) is 0 Å². The molecule has 3 heteroatoms. The molecule has 24 heavy (non-hydrogen) atoms. The van der Waals surface area contributed by atoms with E-state index in [0.29, 0.717) is 17.4 Å². The summed E-state index contributed by atoms with van der Waals surface area (Å²) in [4.78, 5) is 11.6. The van der Waals surface area contributed by atoms with Gasteiger partial charge in [-0.05, 0) is 48.1 Å². The molecule has 1 heterocycles. The molecule has 2 aliphatic rings. The molecule has 0 amide bonds. The maximum Gasteiger partial charge on any atom is 0.337 e. The Bertz CT molecular complexity index is 807. The van der Waals surface area contributed by atoms with Crippen molar-refractivity contribution in [2.45, 2.75) is 25.3 Å². The number of esters is 1. The number of methoxy groups -OCH3 is 1. The maximum absolute atomic E-state index is 11.6. The lowest BCUT2D eigenvalue weighted by Gasteiger charge is -2.38. The molecule has 0 saturated carbocycles. The molecule has 0 spiro atoms. The first kappa shape index (κ1) is 15.0. The third kappa shape index (κ3) is 2.32. The van der Waals surface area contributed by atoms with Crippen LogP contribution in [0, 0.1) is 12.8 Å². The van der Waals surface area contributed by atoms with Gasteiger partial charge in [0.15, 0.2) is 0 Å². The second kappa shape index (κ2) is 5.82. The van der Waals surface area contributed by atoms with Gasteiger partial charge in [0.25, 0.3) is 0 Å². The molecule has 2 aromatic carbocycles. The monoisotopic (exact) mass is 319 g/mol. The molecule has 1 N–H and O–H groups in total. The molecule has 0 saturated heterocycles. The Labute approximate surface area is 142 Å². The highest BCUT2D eigenvalue weighted by Gasteiger charge is 2.38. The fraction of sp³-hybridized carbons (Fsp3) is 0.286. The lowest BCUT2D eigenvalue weighted by atomic mass is 9.76. The second-order valence-electron chi connectivity index (χ2n) is 6.63. The number of anilines is 1. The Morgan fingerprint density at radius 3 is 2.71 bits per heavy atom. The molecule has 0 radical (unpaired) electrons. The summed E-state index contributed by atoms with van der Waals surface area (Å²) in [5.41, 5.74) is 5.75. The predicted octanol–water partition coefficient (Wildman–Crippen LogP) is 4.61. The fourth-order valence-electron chi connectivity index (χ4n) is 4.05. The van der Waals surface area contributed by atoms with Crippen LogP contribution in [0.4, 0.5) is 5.69 Å². The standard InChI is InChI=1S/C21H21NO2/c1-13-5-3-7-17-16-6-4-8-18(16)20(22-19(13)17)14-9-11-15(12-10-14)21(23)24-2/h3-7,9-12,16,18,20,22H,8H2,1-2H3/t16-,18-,20+/m0/s1. The largest absolute Gasteiger partial charge is 0.465 e. The molecular formula is C21H21NO2. The van der Waals surface area contributed by atoms with E-state index in [9.17, 15) is 4.79 Å². The molecule has 0 bridgehead atoms. The first-order valence-electron chi connectivity index (χ1n) is 8.40. The highest BCUT2D eigenvalue weighted by Crippen LogP contribution is 2.50. The first-order valence-corrected chi connectivity index (χ1v) is 8.40. The Kier molecular flexibility index (Phi) is 3.64. The summed E-state index contributed by atoms with van der Waals surface area (Å²) in [6, 6.07) is 14.6. The average molecular weight is 319 g/mol. The minimum Gasteiger partial charge on any atom is -0.465 e. The van der Waals surface area contributed by atoms with E-state index in [1.54, 1.807) is 0 Å². The van der Waals surface area contributed by atoms with Crippen LogP contribution >= 0.6 is 0 Å². The van der Waals surface area contributed by atoms with E-state index in [1.165, 1.54) is 29.5 Å². The quantitative estimate of drug-likeness (QED) is 0.649. The molecule has 3 nitrogen and oxygen atoms in total. The minimum atomic E-state index is -0.292. The number of hydrogen-bond acceptors (Lipinski definition) is 3. The van der Waals surface area contributed by atoms with Gasteiger partial charge in [-0.15, -0.1) is 0 Å². The van der Waals surface area contributed by atoms with Crippen molar-refractivity contribution >= 4 is 11.7 Å². The predicted molar refractivity (Wildman–Crippen MR) is 95.3 cm³/mol. The summed E-state index contributed by atoms with van der Waals surface area (Å²) >= 11 is 0. The van der Waals surface area contributed by atoms with Crippen molar-refractivity contribution in [3.05, 3.63) is 76.9 Å². The Morgan fingerprint density at radius 1 is 1.17 bits per heavy atom. The van der Waals surface area contributed by atoms with Gasteiger partial charge in [0, 0.05) is 11.6 Å². The first-order chi connectivity index (χ1) is 11.7. The molecule has 0 unspecified atom stereocenters. The minimum absolute atomic E-state index is 0.255. The van der Waals surface area contributed by atoms with Crippen molar-refractivity contribution in [3.63, 3.8) is 0 Å². The van der Waals surface area contributed by atoms with Crippen molar-refractivity contribution in [2.75, 3.05) is 12.4 Å². The summed E-state index contributed by atoms with van der Waals surface area (Å²) in [5.74, 6) is 0.689. The molecule has 122 valence electrons. The Morgan fingerprint density at radius 2 is 1.96 bits per heavy atom. The third-order valence-corrected chi connectivity index (χ3v) is 5.30. The molecular weight excluding hydrogens is 298 g/mol. The average Bonchev–Trinajstić information content (AvgIpc) is 3.11. The summed E-state index contributed by atoms with van der Waals surface area (Å²) < 4.78 is 4.79. The SMILES string of the molecule is COC(=O)c1ccc([C@H]2Nc3c(C)cccc3[C@@H]3C=CC[C@H]23)cc1. The molecule has 4 rings (SSSR count). The number of para-hydroxylation sites is 1. The van der Waals surface area contributed by atoms with Crippen LogP contribution < -0.4 is 5.32 Å². The number of rotatable bonds is 2. The molecule has 1 aliphatic heterocycles. The van der Waals surface area contributed by atoms with Crippen LogP contribution in [0.2, 0.25) is 0 Å². The van der Waals surface area contributed by atoms with E-state index in [0.717, 1.165) is 6.42 Å². The van der Waals surface area contributed by atoms with Gasteiger partial charge in [-0.2, -0.15) is 0 Å². The van der Waals surface area contributed by atoms with Crippen LogP contribution in [0.5, 0.6) is 0 Å². The third-order valence-electron chi connectivity index (χ3n) is 5.30. The molecule has 2 aromatic rings. The number of ether oxygens (including phenoxy) is 1. The topological polar surface area (TPSA) is 38.3 Å². The molecule has 1 aliphatic carbocycles. The lowest BCUT2D eigenvalue weighted by molar-refractivity contribution is 0.0600. The van der Waals surface area contributed by atoms with Crippen molar-refractivity contribution < 1.29 is 9.53 Å². The van der Waals surface area contributed by atoms with Gasteiger partial charge in [0.05, 0.1) is 18.7 Å². The normalized spacial score (nSPS) is 24.0. The van der Waals surface area contributed by atoms with Gasteiger partial charge >= 0.3 is 5.97 Å². The maximum atomic E-state index is 11.6. The van der Waals surface area contributed by atoms with E-state index in [4.69, 9.17) is 4.74 Å². The van der Waals surface area contributed by atoms with Crippen molar-refractivity contribution in [2.24, 2.45) is 5.92 Å². The van der Waals surface area contributed by atoms with Crippen LogP contribution in [-0.2, 0) is 4.74 Å². The molecule has 3 atom stereocenters. The fourth-order valence-corrected chi connectivity index (χ4v) is 4.05. The number of fused-ring (bicyclic) bond motifs is 3. The Hall–Kier alpha value is -2.55. The van der Waals surface area contributed by atoms with Crippen molar-refractivity contribution in [1.82, 2.24) is 0 Å². The number of carbonyl (C=O) groups is 1. The van der Waals surface area contributed by atoms with E-state index in [-0.39, 0.29) is 12.0 Å². The smallest absolute Gasteiger partial charge is 0.337 e. The highest BCUT2D eigenvalue weighted by atomic mass is 16.5. The summed E-state index contributed by atoms with van der Waals surface area (Å²) in [7, 11) is 1.41. The zero-order chi connectivity index (χ0) is 16.7. The van der Waals surface area contributed by atoms with Crippen LogP contribution in [0.3, 0.4) is 0 Å². The molecule has 0 aromatic heterocycles. The number of nitrogens with one attached hydrogen (secondary N) is 1. The zero-order valence-electron chi connectivity index (χ0n) is 14.0. The summed E-state index contributed by atoms with van der Waals surface area (Å²) in [6.45, 7) is 2.15. The number of allylic oxidation sites excluding steroid dienone is 2. The molecule has 0 fully saturated rings. The van der Waals surface area contributed by atoms with Gasteiger partial charge < -0.3 is 10.1 Å². The summed E-state index contributed by atoms with van der Waals surface area (Å²) in [6.07, 6.45) is 5.72. The van der Waals surface area contributed by atoms with Gasteiger partial charge in [0.2, 0.25) is 0 Å². The second-order valence-corrected chi connectivity index (χ2v) is 6.63. The van der Waals surface area contributed by atoms with E-state index in [2.05, 4.69) is 42.6 Å². The number of carbonyl (C=O) groups excluding carboxylic acids is 1. The number of aryl methyl sites for hydroxylation is 1. The van der Waals surface area contributed by atoms with Crippen LogP contribution in [0.1, 0.15) is 45.4 Å². The van der Waals surface area contributed by atoms with Gasteiger partial charge in [-0.3, -0.25) is 0 Å². The van der Waals surface area contributed by atoms with E-state index >= 15 is 0 Å². The highest BCUT2D eigenvalue weighted by molar-refractivity contribution is 5.89. The Balaban J connectivity index is 1.71. The summed E-state index contributed by atoms with van der Waals surface area (Å²) in [5, 5.41) is 3.76. The van der Waals surface area contributed by atoms with Crippen LogP contribution in [-0.4, -0.2) is 13.1 Å². The van der Waals surface area contributed by atoms with Crippen LogP contribution in [0.25, 0.3) is 0 Å². The van der Waals surface area contributed by atoms with Gasteiger partial charge in [0.1, 0.15) is 0 Å². The van der Waals surface area contributed by atoms with Crippen LogP contribution in [0.15, 0.2) is 54.6 Å². The van der Waals surface area contributed by atoms with Crippen molar-refractivity contribution in [1.29, 1.82) is 0 Å². The van der Waals surface area contributed by atoms with E-state index in [1.807, 2.05) is 24.3 Å². The van der Waals surface area contributed by atoms with Gasteiger partial charge in [-0.1, -0.05) is 42.5 Å². The van der Waals surface area contributed by atoms with E-state index < -0.39 is 0 Å². The van der Waals surface area contributed by atoms with Gasteiger partial charge in [-0.25, -0.2) is 4.79 Å².